The molecular formula is C17H15Cl3O. The summed E-state index contributed by atoms with van der Waals surface area (Å²) in [6.45, 7) is 2.01. The Labute approximate surface area is 139 Å². The van der Waals surface area contributed by atoms with Gasteiger partial charge in [0, 0.05) is 20.8 Å². The van der Waals surface area contributed by atoms with Gasteiger partial charge in [0.15, 0.2) is 0 Å². The summed E-state index contributed by atoms with van der Waals surface area (Å²) < 4.78 is 0. The van der Waals surface area contributed by atoms with E-state index in [2.05, 4.69) is 0 Å². The van der Waals surface area contributed by atoms with Crippen LogP contribution < -0.4 is 0 Å². The van der Waals surface area contributed by atoms with Crippen molar-refractivity contribution in [3.8, 4) is 0 Å². The van der Waals surface area contributed by atoms with Crippen molar-refractivity contribution in [2.45, 2.75) is 24.3 Å². The fraction of sp³-hybridized carbons (Fsp3) is 0.294. The highest BCUT2D eigenvalue weighted by atomic mass is 35.5. The molecule has 1 nitrogen and oxygen atoms in total. The molecule has 110 valence electrons. The number of benzene rings is 2. The van der Waals surface area contributed by atoms with Gasteiger partial charge in [-0.25, -0.2) is 0 Å². The second-order valence-corrected chi connectivity index (χ2v) is 7.21. The molecule has 1 N–H and O–H groups in total. The number of hydrogen-bond donors (Lipinski definition) is 1. The lowest BCUT2D eigenvalue weighted by atomic mass is 9.74. The van der Waals surface area contributed by atoms with Gasteiger partial charge in [0.05, 0.1) is 0 Å². The summed E-state index contributed by atoms with van der Waals surface area (Å²) in [6, 6.07) is 14.5. The number of alkyl halides is 1. The van der Waals surface area contributed by atoms with Crippen molar-refractivity contribution < 1.29 is 5.11 Å². The van der Waals surface area contributed by atoms with Crippen LogP contribution in [0.3, 0.4) is 0 Å². The zero-order valence-corrected chi connectivity index (χ0v) is 13.8. The van der Waals surface area contributed by atoms with E-state index in [-0.39, 0.29) is 5.38 Å². The van der Waals surface area contributed by atoms with Crippen LogP contribution in [0.15, 0.2) is 48.5 Å². The lowest BCUT2D eigenvalue weighted by molar-refractivity contribution is 0.0104. The standard InChI is InChI=1S/C17H15Cl3O/c1-16(10-15(16)20)17(21,11-2-6-13(18)7-3-11)12-4-8-14(19)9-5-12/h2-9,15,21H,10H2,1H3/t15-,16+/m0/s1. The minimum Gasteiger partial charge on any atom is -0.380 e. The lowest BCUT2D eigenvalue weighted by Gasteiger charge is -2.36. The van der Waals surface area contributed by atoms with E-state index in [1.807, 2.05) is 31.2 Å². The first kappa shape index (κ1) is 15.2. The maximum atomic E-state index is 11.5. The van der Waals surface area contributed by atoms with Gasteiger partial charge >= 0.3 is 0 Å². The van der Waals surface area contributed by atoms with Gasteiger partial charge in [-0.2, -0.15) is 0 Å². The second kappa shape index (κ2) is 5.17. The van der Waals surface area contributed by atoms with Crippen molar-refractivity contribution in [3.63, 3.8) is 0 Å². The van der Waals surface area contributed by atoms with Gasteiger partial charge < -0.3 is 5.11 Å². The van der Waals surface area contributed by atoms with E-state index in [1.165, 1.54) is 0 Å². The molecule has 0 aliphatic heterocycles. The summed E-state index contributed by atoms with van der Waals surface area (Å²) in [7, 11) is 0. The minimum absolute atomic E-state index is 0.0612. The molecule has 2 atom stereocenters. The highest BCUT2D eigenvalue weighted by Crippen LogP contribution is 2.63. The zero-order valence-electron chi connectivity index (χ0n) is 11.5. The van der Waals surface area contributed by atoms with Crippen LogP contribution in [-0.2, 0) is 5.60 Å². The SMILES string of the molecule is C[C@@]1(C(O)(c2ccc(Cl)cc2)c2ccc(Cl)cc2)C[C@@H]1Cl. The van der Waals surface area contributed by atoms with E-state index < -0.39 is 11.0 Å². The van der Waals surface area contributed by atoms with Crippen LogP contribution in [0.4, 0.5) is 0 Å². The van der Waals surface area contributed by atoms with Crippen molar-refractivity contribution in [1.82, 2.24) is 0 Å². The van der Waals surface area contributed by atoms with Crippen LogP contribution in [0.25, 0.3) is 0 Å². The normalized spacial score (nSPS) is 24.9. The number of hydrogen-bond acceptors (Lipinski definition) is 1. The molecule has 3 rings (SSSR count). The van der Waals surface area contributed by atoms with Crippen molar-refractivity contribution in [2.24, 2.45) is 5.41 Å². The maximum absolute atomic E-state index is 11.5. The molecule has 0 radical (unpaired) electrons. The molecule has 2 aromatic carbocycles. The molecule has 0 amide bonds. The molecule has 1 aliphatic carbocycles. The first-order chi connectivity index (χ1) is 9.88. The van der Waals surface area contributed by atoms with E-state index in [0.717, 1.165) is 17.5 Å². The third kappa shape index (κ3) is 2.37. The van der Waals surface area contributed by atoms with E-state index in [1.54, 1.807) is 24.3 Å². The Bertz CT molecular complexity index is 605. The third-order valence-corrected chi connectivity index (χ3v) is 5.62. The fourth-order valence-electron chi connectivity index (χ4n) is 2.90. The van der Waals surface area contributed by atoms with E-state index >= 15 is 0 Å². The number of aliphatic hydroxyl groups is 1. The molecule has 2 aromatic rings. The Balaban J connectivity index is 2.16. The smallest absolute Gasteiger partial charge is 0.121 e. The Kier molecular flexibility index (Phi) is 3.74. The lowest BCUT2D eigenvalue weighted by Crippen LogP contribution is -2.38. The average molecular weight is 342 g/mol. The third-order valence-electron chi connectivity index (χ3n) is 4.48. The van der Waals surface area contributed by atoms with Crippen LogP contribution in [0.5, 0.6) is 0 Å². The van der Waals surface area contributed by atoms with Crippen LogP contribution >= 0.6 is 34.8 Å². The van der Waals surface area contributed by atoms with Gasteiger partial charge in [0.25, 0.3) is 0 Å². The van der Waals surface area contributed by atoms with Crippen LogP contribution in [0, 0.1) is 5.41 Å². The maximum Gasteiger partial charge on any atom is 0.121 e. The van der Waals surface area contributed by atoms with Gasteiger partial charge in [-0.15, -0.1) is 11.6 Å². The molecule has 0 heterocycles. The molecule has 1 fully saturated rings. The van der Waals surface area contributed by atoms with E-state index in [0.29, 0.717) is 10.0 Å². The summed E-state index contributed by atoms with van der Waals surface area (Å²) in [5, 5.41) is 12.8. The monoisotopic (exact) mass is 340 g/mol. The summed E-state index contributed by atoms with van der Waals surface area (Å²) in [6.07, 6.45) is 0.760. The molecule has 1 aliphatic rings. The Hall–Kier alpha value is -0.730. The van der Waals surface area contributed by atoms with Gasteiger partial charge in [-0.3, -0.25) is 0 Å². The van der Waals surface area contributed by atoms with Crippen molar-refractivity contribution >= 4 is 34.8 Å². The molecule has 1 saturated carbocycles. The van der Waals surface area contributed by atoms with E-state index in [4.69, 9.17) is 34.8 Å². The highest BCUT2D eigenvalue weighted by Gasteiger charge is 2.63. The van der Waals surface area contributed by atoms with Gasteiger partial charge in [-0.1, -0.05) is 54.4 Å². The van der Waals surface area contributed by atoms with Gasteiger partial charge in [-0.05, 0) is 41.8 Å². The molecule has 4 heteroatoms. The summed E-state index contributed by atoms with van der Waals surface area (Å²) >= 11 is 18.3. The van der Waals surface area contributed by atoms with Gasteiger partial charge in [0.1, 0.15) is 5.60 Å². The molecule has 0 aromatic heterocycles. The van der Waals surface area contributed by atoms with Crippen LogP contribution in [0.2, 0.25) is 10.0 Å². The molecule has 0 saturated heterocycles. The molecule has 0 unspecified atom stereocenters. The van der Waals surface area contributed by atoms with Crippen molar-refractivity contribution in [1.29, 1.82) is 0 Å². The highest BCUT2D eigenvalue weighted by molar-refractivity contribution is 6.30. The van der Waals surface area contributed by atoms with E-state index in [9.17, 15) is 5.11 Å². The quantitative estimate of drug-likeness (QED) is 0.756. The molecule has 0 bridgehead atoms. The average Bonchev–Trinajstić information content (AvgIpc) is 3.09. The summed E-state index contributed by atoms with van der Waals surface area (Å²) in [4.78, 5) is 0. The number of halogens is 3. The Morgan fingerprint density at radius 2 is 1.29 bits per heavy atom. The molecule has 21 heavy (non-hydrogen) atoms. The Morgan fingerprint density at radius 3 is 1.57 bits per heavy atom. The number of rotatable bonds is 3. The largest absolute Gasteiger partial charge is 0.380 e. The molecule has 0 spiro atoms. The van der Waals surface area contributed by atoms with Gasteiger partial charge in [0.2, 0.25) is 0 Å². The van der Waals surface area contributed by atoms with Crippen molar-refractivity contribution in [2.75, 3.05) is 0 Å². The summed E-state index contributed by atoms with van der Waals surface area (Å²) in [5.74, 6) is 0. The topological polar surface area (TPSA) is 20.2 Å². The Morgan fingerprint density at radius 1 is 0.952 bits per heavy atom. The zero-order chi connectivity index (χ0) is 15.3. The van der Waals surface area contributed by atoms with Crippen LogP contribution in [0.1, 0.15) is 24.5 Å². The molecular weight excluding hydrogens is 327 g/mol. The second-order valence-electron chi connectivity index (χ2n) is 5.81. The predicted molar refractivity (Wildman–Crippen MR) is 88.3 cm³/mol. The van der Waals surface area contributed by atoms with Crippen LogP contribution in [-0.4, -0.2) is 10.5 Å². The predicted octanol–water partition coefficient (Wildman–Crippen LogP) is 5.25. The van der Waals surface area contributed by atoms with Crippen molar-refractivity contribution in [3.05, 3.63) is 69.7 Å². The fourth-order valence-corrected chi connectivity index (χ4v) is 3.63. The first-order valence-corrected chi connectivity index (χ1v) is 7.96. The minimum atomic E-state index is -1.16. The first-order valence-electron chi connectivity index (χ1n) is 6.76. The summed E-state index contributed by atoms with van der Waals surface area (Å²) in [5.41, 5.74) is 0.0184.